The summed E-state index contributed by atoms with van der Waals surface area (Å²) in [5.41, 5.74) is 0.781. The monoisotopic (exact) mass is 325 g/mol. The Hall–Kier alpha value is -3.00. The molecule has 0 saturated heterocycles. The summed E-state index contributed by atoms with van der Waals surface area (Å²) < 4.78 is 16.5. The van der Waals surface area contributed by atoms with Crippen molar-refractivity contribution < 1.29 is 19.0 Å². The maximum absolute atomic E-state index is 12.3. The molecule has 0 bridgehead atoms. The molecule has 2 aromatic carbocycles. The van der Waals surface area contributed by atoms with Gasteiger partial charge in [-0.1, -0.05) is 13.0 Å². The molecule has 5 nitrogen and oxygen atoms in total. The van der Waals surface area contributed by atoms with Gasteiger partial charge in [-0.25, -0.2) is 4.79 Å². The van der Waals surface area contributed by atoms with Crippen molar-refractivity contribution in [2.75, 3.05) is 13.2 Å². The van der Waals surface area contributed by atoms with Gasteiger partial charge in [-0.3, -0.25) is 0 Å². The second-order valence-corrected chi connectivity index (χ2v) is 4.97. The maximum Gasteiger partial charge on any atom is 0.343 e. The van der Waals surface area contributed by atoms with Crippen LogP contribution >= 0.6 is 0 Å². The Kier molecular flexibility index (Phi) is 6.21. The minimum absolute atomic E-state index is 0.323. The Bertz CT molecular complexity index is 749. The molecule has 0 unspecified atom stereocenters. The van der Waals surface area contributed by atoms with Crippen LogP contribution in [0.5, 0.6) is 17.2 Å². The highest BCUT2D eigenvalue weighted by atomic mass is 16.5. The lowest BCUT2D eigenvalue weighted by molar-refractivity contribution is 0.0734. The van der Waals surface area contributed by atoms with Crippen molar-refractivity contribution in [2.24, 2.45) is 0 Å². The van der Waals surface area contributed by atoms with E-state index in [1.54, 1.807) is 36.4 Å². The quantitative estimate of drug-likeness (QED) is 0.569. The Morgan fingerprint density at radius 2 is 1.92 bits per heavy atom. The van der Waals surface area contributed by atoms with E-state index < -0.39 is 5.97 Å². The van der Waals surface area contributed by atoms with Crippen molar-refractivity contribution in [3.8, 4) is 23.3 Å². The summed E-state index contributed by atoms with van der Waals surface area (Å²) in [7, 11) is 0. The van der Waals surface area contributed by atoms with Crippen LogP contribution in [0.4, 0.5) is 0 Å². The van der Waals surface area contributed by atoms with Crippen molar-refractivity contribution in [3.63, 3.8) is 0 Å². The second kappa shape index (κ2) is 8.59. The second-order valence-electron chi connectivity index (χ2n) is 4.97. The van der Waals surface area contributed by atoms with E-state index in [1.807, 2.05) is 19.9 Å². The third kappa shape index (κ3) is 4.50. The first-order valence-corrected chi connectivity index (χ1v) is 7.80. The molecule has 0 aliphatic rings. The van der Waals surface area contributed by atoms with E-state index in [0.29, 0.717) is 41.6 Å². The van der Waals surface area contributed by atoms with Gasteiger partial charge >= 0.3 is 5.97 Å². The van der Waals surface area contributed by atoms with Gasteiger partial charge in [0.25, 0.3) is 0 Å². The van der Waals surface area contributed by atoms with E-state index in [1.165, 1.54) is 6.07 Å². The van der Waals surface area contributed by atoms with Gasteiger partial charge in [-0.2, -0.15) is 5.26 Å². The molecular formula is C19H19NO4. The van der Waals surface area contributed by atoms with Crippen LogP contribution in [0, 0.1) is 11.3 Å². The molecule has 0 aromatic heterocycles. The fourth-order valence-corrected chi connectivity index (χ4v) is 2.03. The molecule has 0 fully saturated rings. The van der Waals surface area contributed by atoms with E-state index in [2.05, 4.69) is 0 Å². The van der Waals surface area contributed by atoms with Gasteiger partial charge in [-0.15, -0.1) is 0 Å². The van der Waals surface area contributed by atoms with Crippen molar-refractivity contribution in [3.05, 3.63) is 53.6 Å². The van der Waals surface area contributed by atoms with Gasteiger partial charge in [0.15, 0.2) is 11.5 Å². The number of esters is 1. The summed E-state index contributed by atoms with van der Waals surface area (Å²) in [5.74, 6) is 0.907. The number of nitrogens with zero attached hydrogens (tertiary/aromatic N) is 1. The van der Waals surface area contributed by atoms with Crippen molar-refractivity contribution in [1.29, 1.82) is 5.26 Å². The van der Waals surface area contributed by atoms with Gasteiger partial charge < -0.3 is 14.2 Å². The highest BCUT2D eigenvalue weighted by Gasteiger charge is 2.14. The van der Waals surface area contributed by atoms with Crippen LogP contribution in [0.25, 0.3) is 0 Å². The van der Waals surface area contributed by atoms with E-state index in [4.69, 9.17) is 19.5 Å². The number of ether oxygens (including phenoxy) is 3. The summed E-state index contributed by atoms with van der Waals surface area (Å²) in [6.45, 7) is 4.92. The minimum Gasteiger partial charge on any atom is -0.490 e. The smallest absolute Gasteiger partial charge is 0.343 e. The molecule has 0 radical (unpaired) electrons. The summed E-state index contributed by atoms with van der Waals surface area (Å²) >= 11 is 0. The number of benzene rings is 2. The Balaban J connectivity index is 2.19. The third-order valence-electron chi connectivity index (χ3n) is 3.11. The van der Waals surface area contributed by atoms with Crippen LogP contribution in [-0.4, -0.2) is 19.2 Å². The van der Waals surface area contributed by atoms with E-state index in [9.17, 15) is 4.79 Å². The Labute approximate surface area is 141 Å². The lowest BCUT2D eigenvalue weighted by atomic mass is 10.2. The van der Waals surface area contributed by atoms with E-state index >= 15 is 0 Å². The van der Waals surface area contributed by atoms with Crippen molar-refractivity contribution in [1.82, 2.24) is 0 Å². The van der Waals surface area contributed by atoms with E-state index in [-0.39, 0.29) is 0 Å². The van der Waals surface area contributed by atoms with Gasteiger partial charge in [0, 0.05) is 0 Å². The summed E-state index contributed by atoms with van der Waals surface area (Å²) in [6, 6.07) is 13.4. The van der Waals surface area contributed by atoms with E-state index in [0.717, 1.165) is 6.42 Å². The number of rotatable bonds is 7. The minimum atomic E-state index is -0.520. The fourth-order valence-electron chi connectivity index (χ4n) is 2.03. The molecule has 0 N–H and O–H groups in total. The molecule has 2 aromatic rings. The molecule has 24 heavy (non-hydrogen) atoms. The highest BCUT2D eigenvalue weighted by Crippen LogP contribution is 2.29. The normalized spacial score (nSPS) is 9.88. The summed E-state index contributed by atoms with van der Waals surface area (Å²) in [4.78, 5) is 12.3. The predicted molar refractivity (Wildman–Crippen MR) is 89.5 cm³/mol. The average molecular weight is 325 g/mol. The first-order valence-electron chi connectivity index (χ1n) is 7.80. The highest BCUT2D eigenvalue weighted by molar-refractivity contribution is 5.91. The zero-order chi connectivity index (χ0) is 17.4. The summed E-state index contributed by atoms with van der Waals surface area (Å²) in [6.07, 6.45) is 0.880. The number of carbonyl (C=O) groups is 1. The molecule has 0 atom stereocenters. The van der Waals surface area contributed by atoms with Gasteiger partial charge in [0.05, 0.1) is 30.4 Å². The predicted octanol–water partition coefficient (Wildman–Crippen LogP) is 3.96. The first-order chi connectivity index (χ1) is 11.7. The zero-order valence-corrected chi connectivity index (χ0v) is 13.7. The molecule has 5 heteroatoms. The first kappa shape index (κ1) is 17.4. The molecule has 0 amide bonds. The number of carbonyl (C=O) groups excluding carboxylic acids is 1. The van der Waals surface area contributed by atoms with Crippen LogP contribution in [0.3, 0.4) is 0 Å². The molecule has 0 aliphatic heterocycles. The number of hydrogen-bond donors (Lipinski definition) is 0. The third-order valence-corrected chi connectivity index (χ3v) is 3.11. The van der Waals surface area contributed by atoms with Gasteiger partial charge in [0.1, 0.15) is 5.75 Å². The van der Waals surface area contributed by atoms with Crippen LogP contribution in [0.15, 0.2) is 42.5 Å². The Morgan fingerprint density at radius 3 is 2.62 bits per heavy atom. The topological polar surface area (TPSA) is 68.5 Å². The van der Waals surface area contributed by atoms with Crippen molar-refractivity contribution in [2.45, 2.75) is 20.3 Å². The van der Waals surface area contributed by atoms with Crippen LogP contribution in [0.1, 0.15) is 36.2 Å². The zero-order valence-electron chi connectivity index (χ0n) is 13.7. The maximum atomic E-state index is 12.3. The fraction of sp³-hybridized carbons (Fsp3) is 0.263. The largest absolute Gasteiger partial charge is 0.490 e. The molecule has 0 aliphatic carbocycles. The average Bonchev–Trinajstić information content (AvgIpc) is 2.61. The molecule has 0 heterocycles. The van der Waals surface area contributed by atoms with Crippen LogP contribution in [-0.2, 0) is 0 Å². The number of nitriles is 1. The standard InChI is InChI=1S/C19H19NO4/c1-3-10-23-17-9-8-15(12-18(17)22-4-2)19(21)24-16-7-5-6-14(11-16)13-20/h5-9,11-12H,3-4,10H2,1-2H3. The lowest BCUT2D eigenvalue weighted by Gasteiger charge is -2.12. The van der Waals surface area contributed by atoms with Crippen molar-refractivity contribution >= 4 is 5.97 Å². The molecule has 0 spiro atoms. The van der Waals surface area contributed by atoms with Crippen LogP contribution < -0.4 is 14.2 Å². The lowest BCUT2D eigenvalue weighted by Crippen LogP contribution is -2.09. The summed E-state index contributed by atoms with van der Waals surface area (Å²) in [5, 5.41) is 8.89. The Morgan fingerprint density at radius 1 is 1.08 bits per heavy atom. The SMILES string of the molecule is CCCOc1ccc(C(=O)Oc2cccc(C#N)c2)cc1OCC. The van der Waals surface area contributed by atoms with Gasteiger partial charge in [0.2, 0.25) is 0 Å². The molecule has 2 rings (SSSR count). The van der Waals surface area contributed by atoms with Gasteiger partial charge in [-0.05, 0) is 49.7 Å². The molecule has 124 valence electrons. The number of hydrogen-bond acceptors (Lipinski definition) is 5. The molecular weight excluding hydrogens is 306 g/mol. The van der Waals surface area contributed by atoms with Crippen LogP contribution in [0.2, 0.25) is 0 Å². The molecule has 0 saturated carbocycles.